The first-order valence-corrected chi connectivity index (χ1v) is 6.77. The topological polar surface area (TPSA) is 72.2 Å². The minimum Gasteiger partial charge on any atom is -0.447 e. The van der Waals surface area contributed by atoms with Crippen molar-refractivity contribution in [3.8, 4) is 0 Å². The minimum absolute atomic E-state index is 0.0951. The molecule has 0 bridgehead atoms. The number of nitrogens with one attached hydrogen (secondary N) is 1. The zero-order valence-corrected chi connectivity index (χ0v) is 9.97. The van der Waals surface area contributed by atoms with Gasteiger partial charge in [0.1, 0.15) is 11.5 Å². The van der Waals surface area contributed by atoms with Gasteiger partial charge in [0.2, 0.25) is 0 Å². The molecule has 1 N–H and O–H groups in total. The highest BCUT2D eigenvalue weighted by molar-refractivity contribution is 7.89. The van der Waals surface area contributed by atoms with Gasteiger partial charge in [0.15, 0.2) is 16.2 Å². The average molecular weight is 232 g/mol. The van der Waals surface area contributed by atoms with Crippen LogP contribution in [0.5, 0.6) is 0 Å². The fraction of sp³-hybridized carbons (Fsp3) is 0.667. The van der Waals surface area contributed by atoms with Crippen molar-refractivity contribution in [3.63, 3.8) is 0 Å². The van der Waals surface area contributed by atoms with E-state index >= 15 is 0 Å². The first kappa shape index (κ1) is 12.2. The van der Waals surface area contributed by atoms with E-state index in [1.807, 2.05) is 13.8 Å². The van der Waals surface area contributed by atoms with Gasteiger partial charge < -0.3 is 9.73 Å². The maximum Gasteiger partial charge on any atom is 0.181 e. The Morgan fingerprint density at radius 2 is 2.20 bits per heavy atom. The van der Waals surface area contributed by atoms with Crippen LogP contribution in [0.2, 0.25) is 0 Å². The van der Waals surface area contributed by atoms with E-state index in [0.717, 1.165) is 0 Å². The number of aromatic nitrogens is 1. The predicted molar refractivity (Wildman–Crippen MR) is 57.0 cm³/mol. The standard InChI is InChI=1S/C9H16N2O3S/c1-7(2)10-4-8-9(14-6-11-8)5-15(3,12)13/h6-7,10H,4-5H2,1-3H3. The Kier molecular flexibility index (Phi) is 3.87. The Morgan fingerprint density at radius 3 is 2.73 bits per heavy atom. The van der Waals surface area contributed by atoms with Gasteiger partial charge in [0.05, 0.1) is 5.69 Å². The van der Waals surface area contributed by atoms with Gasteiger partial charge in [-0.25, -0.2) is 13.4 Å². The fourth-order valence-corrected chi connectivity index (χ4v) is 1.81. The molecule has 0 atom stereocenters. The van der Waals surface area contributed by atoms with Crippen molar-refractivity contribution in [2.45, 2.75) is 32.2 Å². The van der Waals surface area contributed by atoms with Crippen LogP contribution >= 0.6 is 0 Å². The third-order valence-corrected chi connectivity index (χ3v) is 2.58. The minimum atomic E-state index is -3.07. The van der Waals surface area contributed by atoms with E-state index in [0.29, 0.717) is 24.0 Å². The van der Waals surface area contributed by atoms with Crippen molar-refractivity contribution in [1.29, 1.82) is 0 Å². The fourth-order valence-electron chi connectivity index (χ4n) is 1.09. The summed E-state index contributed by atoms with van der Waals surface area (Å²) in [5, 5.41) is 3.16. The van der Waals surface area contributed by atoms with Crippen LogP contribution < -0.4 is 5.32 Å². The molecule has 0 saturated carbocycles. The molecular weight excluding hydrogens is 216 g/mol. The second kappa shape index (κ2) is 4.76. The molecule has 0 aromatic carbocycles. The van der Waals surface area contributed by atoms with Crippen LogP contribution in [0.15, 0.2) is 10.8 Å². The summed E-state index contributed by atoms with van der Waals surface area (Å²) in [5.41, 5.74) is 0.661. The summed E-state index contributed by atoms with van der Waals surface area (Å²) in [6.07, 6.45) is 2.45. The largest absolute Gasteiger partial charge is 0.447 e. The molecule has 6 heteroatoms. The van der Waals surface area contributed by atoms with Crippen molar-refractivity contribution in [1.82, 2.24) is 10.3 Å². The zero-order chi connectivity index (χ0) is 11.5. The van der Waals surface area contributed by atoms with Crippen molar-refractivity contribution < 1.29 is 12.8 Å². The smallest absolute Gasteiger partial charge is 0.181 e. The molecule has 0 aliphatic carbocycles. The number of hydrogen-bond acceptors (Lipinski definition) is 5. The SMILES string of the molecule is CC(C)NCc1ncoc1CS(C)(=O)=O. The summed E-state index contributed by atoms with van der Waals surface area (Å²) in [6.45, 7) is 4.55. The first-order chi connectivity index (χ1) is 6.88. The molecule has 0 unspecified atom stereocenters. The normalized spacial score (nSPS) is 12.3. The Morgan fingerprint density at radius 1 is 1.53 bits per heavy atom. The molecule has 0 aliphatic heterocycles. The van der Waals surface area contributed by atoms with Crippen LogP contribution in [-0.2, 0) is 22.1 Å². The maximum absolute atomic E-state index is 11.1. The number of sulfone groups is 1. The van der Waals surface area contributed by atoms with Crippen molar-refractivity contribution in [2.24, 2.45) is 0 Å². The third kappa shape index (κ3) is 4.44. The molecule has 1 rings (SSSR count). The van der Waals surface area contributed by atoms with Gasteiger partial charge in [-0.15, -0.1) is 0 Å². The molecule has 0 fully saturated rings. The third-order valence-electron chi connectivity index (χ3n) is 1.80. The van der Waals surface area contributed by atoms with Crippen LogP contribution in [0.1, 0.15) is 25.3 Å². The average Bonchev–Trinajstić information content (AvgIpc) is 2.45. The molecule has 15 heavy (non-hydrogen) atoms. The van der Waals surface area contributed by atoms with Crippen molar-refractivity contribution in [3.05, 3.63) is 17.8 Å². The molecule has 86 valence electrons. The number of nitrogens with zero attached hydrogens (tertiary/aromatic N) is 1. The van der Waals surface area contributed by atoms with Crippen LogP contribution in [0, 0.1) is 0 Å². The van der Waals surface area contributed by atoms with E-state index in [1.165, 1.54) is 12.6 Å². The lowest BCUT2D eigenvalue weighted by Crippen LogP contribution is -2.22. The van der Waals surface area contributed by atoms with Gasteiger partial charge in [-0.3, -0.25) is 0 Å². The van der Waals surface area contributed by atoms with Crippen LogP contribution in [0.4, 0.5) is 0 Å². The van der Waals surface area contributed by atoms with Gasteiger partial charge in [0.25, 0.3) is 0 Å². The predicted octanol–water partition coefficient (Wildman–Crippen LogP) is 0.717. The van der Waals surface area contributed by atoms with Crippen molar-refractivity contribution in [2.75, 3.05) is 6.26 Å². The van der Waals surface area contributed by atoms with E-state index in [4.69, 9.17) is 4.42 Å². The number of rotatable bonds is 5. The lowest BCUT2D eigenvalue weighted by Gasteiger charge is -2.06. The highest BCUT2D eigenvalue weighted by Crippen LogP contribution is 2.10. The molecule has 0 radical (unpaired) electrons. The van der Waals surface area contributed by atoms with Gasteiger partial charge in [0, 0.05) is 18.8 Å². The number of oxazole rings is 1. The zero-order valence-electron chi connectivity index (χ0n) is 9.15. The molecular formula is C9H16N2O3S. The van der Waals surface area contributed by atoms with E-state index in [1.54, 1.807) is 0 Å². The van der Waals surface area contributed by atoms with Gasteiger partial charge in [-0.1, -0.05) is 13.8 Å². The summed E-state index contributed by atoms with van der Waals surface area (Å²) in [6, 6.07) is 0.327. The molecule has 1 aromatic rings. The van der Waals surface area contributed by atoms with Crippen LogP contribution in [-0.4, -0.2) is 25.7 Å². The Labute approximate surface area is 89.8 Å². The summed E-state index contributed by atoms with van der Waals surface area (Å²) < 4.78 is 27.2. The van der Waals surface area contributed by atoms with Crippen molar-refractivity contribution >= 4 is 9.84 Å². The molecule has 0 aliphatic rings. The second-order valence-electron chi connectivity index (χ2n) is 3.83. The molecule has 0 spiro atoms. The Bertz CT molecular complexity index is 409. The van der Waals surface area contributed by atoms with E-state index < -0.39 is 9.84 Å². The van der Waals surface area contributed by atoms with E-state index in [2.05, 4.69) is 10.3 Å². The summed E-state index contributed by atoms with van der Waals surface area (Å²) >= 11 is 0. The molecule has 0 amide bonds. The maximum atomic E-state index is 11.1. The summed E-state index contributed by atoms with van der Waals surface area (Å²) in [5.74, 6) is 0.327. The molecule has 1 aromatic heterocycles. The van der Waals surface area contributed by atoms with Gasteiger partial charge >= 0.3 is 0 Å². The number of hydrogen-bond donors (Lipinski definition) is 1. The van der Waals surface area contributed by atoms with Crippen LogP contribution in [0.3, 0.4) is 0 Å². The Balaban J connectivity index is 2.70. The monoisotopic (exact) mass is 232 g/mol. The lowest BCUT2D eigenvalue weighted by atomic mass is 10.3. The highest BCUT2D eigenvalue weighted by Gasteiger charge is 2.13. The van der Waals surface area contributed by atoms with Gasteiger partial charge in [-0.2, -0.15) is 0 Å². The van der Waals surface area contributed by atoms with Crippen LogP contribution in [0.25, 0.3) is 0 Å². The van der Waals surface area contributed by atoms with Gasteiger partial charge in [-0.05, 0) is 0 Å². The lowest BCUT2D eigenvalue weighted by molar-refractivity contribution is 0.508. The molecule has 5 nitrogen and oxygen atoms in total. The molecule has 0 saturated heterocycles. The summed E-state index contributed by atoms with van der Waals surface area (Å²) in [4.78, 5) is 3.98. The summed E-state index contributed by atoms with van der Waals surface area (Å²) in [7, 11) is -3.07. The van der Waals surface area contributed by atoms with E-state index in [9.17, 15) is 8.42 Å². The first-order valence-electron chi connectivity index (χ1n) is 4.71. The quantitative estimate of drug-likeness (QED) is 0.809. The van der Waals surface area contributed by atoms with E-state index in [-0.39, 0.29) is 5.75 Å². The second-order valence-corrected chi connectivity index (χ2v) is 5.97. The molecule has 1 heterocycles. The Hall–Kier alpha value is -0.880. The highest BCUT2D eigenvalue weighted by atomic mass is 32.2.